The molecule has 154 valence electrons. The van der Waals surface area contributed by atoms with Crippen LogP contribution in [-0.2, 0) is 16.1 Å². The van der Waals surface area contributed by atoms with E-state index >= 15 is 0 Å². The van der Waals surface area contributed by atoms with E-state index in [1.807, 2.05) is 0 Å². The number of hydrogen-bond donors (Lipinski definition) is 1. The zero-order chi connectivity index (χ0) is 21.1. The molecule has 9 heteroatoms. The third-order valence-corrected chi connectivity index (χ3v) is 6.35. The fourth-order valence-corrected chi connectivity index (χ4v) is 4.57. The molecule has 2 amide bonds. The fourth-order valence-electron chi connectivity index (χ4n) is 3.40. The summed E-state index contributed by atoms with van der Waals surface area (Å²) in [5.41, 5.74) is 5.66. The van der Waals surface area contributed by atoms with Crippen molar-refractivity contribution < 1.29 is 9.59 Å². The molecule has 0 bridgehead atoms. The van der Waals surface area contributed by atoms with Gasteiger partial charge in [0.05, 0.1) is 16.2 Å². The van der Waals surface area contributed by atoms with Crippen LogP contribution < -0.4 is 11.3 Å². The monoisotopic (exact) mass is 434 g/mol. The molecule has 1 aliphatic rings. The number of piperidine rings is 1. The van der Waals surface area contributed by atoms with Gasteiger partial charge in [-0.2, -0.15) is 0 Å². The number of carbonyl (C=O) groups is 2. The minimum absolute atomic E-state index is 0.0523. The summed E-state index contributed by atoms with van der Waals surface area (Å²) in [4.78, 5) is 43.4. The van der Waals surface area contributed by atoms with Gasteiger partial charge in [-0.15, -0.1) is 6.58 Å². The molecule has 2 N–H and O–H groups in total. The van der Waals surface area contributed by atoms with Gasteiger partial charge in [0.25, 0.3) is 5.56 Å². The smallest absolute Gasteiger partial charge is 0.262 e. The Bertz CT molecular complexity index is 1010. The predicted octanol–water partition coefficient (Wildman–Crippen LogP) is 2.44. The predicted molar refractivity (Wildman–Crippen MR) is 115 cm³/mol. The first kappa shape index (κ1) is 21.4. The highest BCUT2D eigenvalue weighted by Crippen LogP contribution is 2.26. The average molecular weight is 435 g/mol. The second-order valence-electron chi connectivity index (χ2n) is 7.02. The Morgan fingerprint density at radius 1 is 1.41 bits per heavy atom. The number of likely N-dealkylation sites (tertiary alicyclic amines) is 1. The number of benzene rings is 1. The molecule has 1 unspecified atom stereocenters. The topological polar surface area (TPSA) is 98.3 Å². The quantitative estimate of drug-likeness (QED) is 0.427. The Labute approximate surface area is 177 Å². The van der Waals surface area contributed by atoms with Crippen LogP contribution in [0.5, 0.6) is 0 Å². The maximum atomic E-state index is 12.9. The van der Waals surface area contributed by atoms with Crippen LogP contribution in [-0.4, -0.2) is 44.6 Å². The van der Waals surface area contributed by atoms with E-state index in [9.17, 15) is 14.4 Å². The number of nitrogens with two attached hydrogens (primary N) is 1. The minimum atomic E-state index is -0.445. The van der Waals surface area contributed by atoms with Gasteiger partial charge in [-0.1, -0.05) is 29.4 Å². The average Bonchev–Trinajstić information content (AvgIpc) is 2.70. The first-order valence-electron chi connectivity index (χ1n) is 9.37. The largest absolute Gasteiger partial charge is 0.369 e. The summed E-state index contributed by atoms with van der Waals surface area (Å²) >= 11 is 7.28. The number of fused-ring (bicyclic) bond motifs is 1. The van der Waals surface area contributed by atoms with Crippen molar-refractivity contribution in [3.8, 4) is 0 Å². The van der Waals surface area contributed by atoms with Crippen LogP contribution in [0.1, 0.15) is 19.8 Å². The van der Waals surface area contributed by atoms with Gasteiger partial charge in [0, 0.05) is 30.6 Å². The molecule has 7 nitrogen and oxygen atoms in total. The first-order chi connectivity index (χ1) is 13.8. The number of allylic oxidation sites excluding steroid dienone is 1. The minimum Gasteiger partial charge on any atom is -0.369 e. The number of rotatable bonds is 6. The number of carbonyl (C=O) groups excluding carboxylic acids is 2. The van der Waals surface area contributed by atoms with E-state index in [0.717, 1.165) is 0 Å². The highest BCUT2D eigenvalue weighted by Gasteiger charge is 2.29. The van der Waals surface area contributed by atoms with Crippen molar-refractivity contribution in [3.05, 3.63) is 46.2 Å². The fraction of sp³-hybridized carbons (Fsp3) is 0.400. The van der Waals surface area contributed by atoms with Gasteiger partial charge in [0.2, 0.25) is 11.8 Å². The summed E-state index contributed by atoms with van der Waals surface area (Å²) in [7, 11) is 0. The summed E-state index contributed by atoms with van der Waals surface area (Å²) < 4.78 is 1.51. The van der Waals surface area contributed by atoms with E-state index in [-0.39, 0.29) is 29.8 Å². The van der Waals surface area contributed by atoms with Gasteiger partial charge in [0.15, 0.2) is 5.16 Å². The summed E-state index contributed by atoms with van der Waals surface area (Å²) in [5, 5.41) is 0.952. The molecule has 3 rings (SSSR count). The SMILES string of the molecule is C=CCn1c(SC(C)C(=O)N2CCC(C(N)=O)CC2)nc2cc(Cl)ccc2c1=O. The zero-order valence-corrected chi connectivity index (χ0v) is 17.7. The molecular weight excluding hydrogens is 412 g/mol. The Morgan fingerprint density at radius 2 is 2.10 bits per heavy atom. The molecule has 0 radical (unpaired) electrons. The number of hydrogen-bond acceptors (Lipinski definition) is 5. The Hall–Kier alpha value is -2.32. The third kappa shape index (κ3) is 4.64. The van der Waals surface area contributed by atoms with E-state index in [4.69, 9.17) is 17.3 Å². The van der Waals surface area contributed by atoms with E-state index < -0.39 is 5.25 Å². The maximum Gasteiger partial charge on any atom is 0.262 e. The number of nitrogens with zero attached hydrogens (tertiary/aromatic N) is 3. The van der Waals surface area contributed by atoms with Crippen LogP contribution in [0.4, 0.5) is 0 Å². The standard InChI is InChI=1S/C20H23ClN4O3S/c1-3-8-25-19(28)15-5-4-14(21)11-16(15)23-20(25)29-12(2)18(27)24-9-6-13(7-10-24)17(22)26/h3-5,11-13H,1,6-10H2,2H3,(H2,22,26). The second-order valence-corrected chi connectivity index (χ2v) is 8.77. The number of primary amides is 1. The van der Waals surface area contributed by atoms with E-state index in [0.29, 0.717) is 47.0 Å². The number of halogens is 1. The molecule has 1 fully saturated rings. The van der Waals surface area contributed by atoms with Crippen molar-refractivity contribution in [1.29, 1.82) is 0 Å². The molecular formula is C20H23ClN4O3S. The van der Waals surface area contributed by atoms with Crippen LogP contribution in [0, 0.1) is 5.92 Å². The van der Waals surface area contributed by atoms with Gasteiger partial charge in [-0.05, 0) is 38.0 Å². The van der Waals surface area contributed by atoms with Crippen molar-refractivity contribution in [2.24, 2.45) is 11.7 Å². The molecule has 29 heavy (non-hydrogen) atoms. The third-order valence-electron chi connectivity index (χ3n) is 5.03. The molecule has 1 aromatic carbocycles. The van der Waals surface area contributed by atoms with Gasteiger partial charge >= 0.3 is 0 Å². The highest BCUT2D eigenvalue weighted by atomic mass is 35.5. The lowest BCUT2D eigenvalue weighted by Crippen LogP contribution is -2.44. The number of amides is 2. The van der Waals surface area contributed by atoms with E-state index in [2.05, 4.69) is 11.6 Å². The molecule has 2 heterocycles. The molecule has 1 saturated heterocycles. The van der Waals surface area contributed by atoms with Crippen LogP contribution in [0.25, 0.3) is 10.9 Å². The van der Waals surface area contributed by atoms with E-state index in [1.165, 1.54) is 16.3 Å². The van der Waals surface area contributed by atoms with Gasteiger partial charge in [-0.25, -0.2) is 4.98 Å². The Kier molecular flexibility index (Phi) is 6.64. The van der Waals surface area contributed by atoms with Crippen LogP contribution in [0.3, 0.4) is 0 Å². The van der Waals surface area contributed by atoms with Crippen molar-refractivity contribution >= 4 is 46.1 Å². The molecule has 1 atom stereocenters. The van der Waals surface area contributed by atoms with Crippen LogP contribution >= 0.6 is 23.4 Å². The Morgan fingerprint density at radius 3 is 2.72 bits per heavy atom. The normalized spacial score (nSPS) is 16.0. The lowest BCUT2D eigenvalue weighted by Gasteiger charge is -2.32. The summed E-state index contributed by atoms with van der Waals surface area (Å²) in [6, 6.07) is 4.94. The molecule has 1 aromatic heterocycles. The van der Waals surface area contributed by atoms with Gasteiger partial charge < -0.3 is 10.6 Å². The number of thioether (sulfide) groups is 1. The van der Waals surface area contributed by atoms with Crippen molar-refractivity contribution in [2.75, 3.05) is 13.1 Å². The molecule has 0 spiro atoms. The van der Waals surface area contributed by atoms with Crippen molar-refractivity contribution in [2.45, 2.75) is 36.7 Å². The van der Waals surface area contributed by atoms with Crippen molar-refractivity contribution in [3.63, 3.8) is 0 Å². The van der Waals surface area contributed by atoms with Gasteiger partial charge in [0.1, 0.15) is 0 Å². The molecule has 2 aromatic rings. The first-order valence-corrected chi connectivity index (χ1v) is 10.6. The van der Waals surface area contributed by atoms with Gasteiger partial charge in [-0.3, -0.25) is 19.0 Å². The zero-order valence-electron chi connectivity index (χ0n) is 16.1. The van der Waals surface area contributed by atoms with E-state index in [1.54, 1.807) is 36.1 Å². The Balaban J connectivity index is 1.83. The molecule has 1 aliphatic heterocycles. The van der Waals surface area contributed by atoms with Crippen LogP contribution in [0.15, 0.2) is 40.8 Å². The second kappa shape index (κ2) is 9.00. The summed E-state index contributed by atoms with van der Waals surface area (Å²) in [6.07, 6.45) is 2.77. The summed E-state index contributed by atoms with van der Waals surface area (Å²) in [6.45, 7) is 6.79. The maximum absolute atomic E-state index is 12.9. The molecule has 0 aliphatic carbocycles. The highest BCUT2D eigenvalue weighted by molar-refractivity contribution is 8.00. The lowest BCUT2D eigenvalue weighted by molar-refractivity contribution is -0.134. The number of aromatic nitrogens is 2. The summed E-state index contributed by atoms with van der Waals surface area (Å²) in [5.74, 6) is -0.540. The van der Waals surface area contributed by atoms with Crippen molar-refractivity contribution in [1.82, 2.24) is 14.5 Å². The van der Waals surface area contributed by atoms with Crippen LogP contribution in [0.2, 0.25) is 5.02 Å². The molecule has 0 saturated carbocycles. The lowest BCUT2D eigenvalue weighted by atomic mass is 9.96.